The molecule has 3 rings (SSSR count). The maximum atomic E-state index is 13.1. The maximum absolute atomic E-state index is 13.1. The average Bonchev–Trinajstić information content (AvgIpc) is 2.88. The molecule has 0 bridgehead atoms. The maximum Gasteiger partial charge on any atom is 0.196 e. The highest BCUT2D eigenvalue weighted by Gasteiger charge is 2.16. The van der Waals surface area contributed by atoms with Crippen molar-refractivity contribution < 1.29 is 4.39 Å². The molecule has 0 aliphatic carbocycles. The normalized spacial score (nSPS) is 12.3. The molecule has 1 heterocycles. The van der Waals surface area contributed by atoms with Crippen molar-refractivity contribution in [1.82, 2.24) is 14.8 Å². The lowest BCUT2D eigenvalue weighted by atomic mass is 10.2. The molecule has 0 aliphatic rings. The van der Waals surface area contributed by atoms with E-state index in [0.29, 0.717) is 0 Å². The molecule has 1 atom stereocenters. The third kappa shape index (κ3) is 3.45. The lowest BCUT2D eigenvalue weighted by molar-refractivity contribution is 0.627. The van der Waals surface area contributed by atoms with Crippen LogP contribution < -0.4 is 0 Å². The summed E-state index contributed by atoms with van der Waals surface area (Å²) in [4.78, 5) is 0. The van der Waals surface area contributed by atoms with E-state index in [9.17, 15) is 4.39 Å². The van der Waals surface area contributed by atoms with E-state index in [-0.39, 0.29) is 11.1 Å². The molecule has 0 spiro atoms. The first kappa shape index (κ1) is 15.7. The fourth-order valence-corrected chi connectivity index (χ4v) is 3.48. The highest BCUT2D eigenvalue weighted by Crippen LogP contribution is 2.35. The van der Waals surface area contributed by atoms with Crippen molar-refractivity contribution in [3.63, 3.8) is 0 Å². The topological polar surface area (TPSA) is 30.7 Å². The highest BCUT2D eigenvalue weighted by atomic mass is 32.2. The van der Waals surface area contributed by atoms with Crippen LogP contribution in [0.25, 0.3) is 5.69 Å². The number of nitrogens with zero attached hydrogens (tertiary/aromatic N) is 3. The number of benzene rings is 2. The summed E-state index contributed by atoms with van der Waals surface area (Å²) in [5.41, 5.74) is 3.31. The Bertz CT molecular complexity index is 811. The molecule has 0 N–H and O–H groups in total. The van der Waals surface area contributed by atoms with Crippen molar-refractivity contribution in [1.29, 1.82) is 0 Å². The predicted octanol–water partition coefficient (Wildman–Crippen LogP) is 4.88. The molecule has 1 aromatic heterocycles. The van der Waals surface area contributed by atoms with Gasteiger partial charge in [-0.05, 0) is 56.2 Å². The Morgan fingerprint density at radius 1 is 1.04 bits per heavy atom. The number of hydrogen-bond donors (Lipinski definition) is 0. The van der Waals surface area contributed by atoms with Gasteiger partial charge >= 0.3 is 0 Å². The first-order valence-corrected chi connectivity index (χ1v) is 8.34. The van der Waals surface area contributed by atoms with Gasteiger partial charge in [0, 0.05) is 10.9 Å². The fraction of sp³-hybridized carbons (Fsp3) is 0.222. The van der Waals surface area contributed by atoms with E-state index in [0.717, 1.165) is 22.2 Å². The van der Waals surface area contributed by atoms with Crippen molar-refractivity contribution in [3.05, 3.63) is 71.3 Å². The van der Waals surface area contributed by atoms with Gasteiger partial charge in [-0.15, -0.1) is 10.2 Å². The Hall–Kier alpha value is -2.14. The van der Waals surface area contributed by atoms with Gasteiger partial charge in [-0.1, -0.05) is 36.0 Å². The quantitative estimate of drug-likeness (QED) is 0.640. The summed E-state index contributed by atoms with van der Waals surface area (Å²) >= 11 is 1.62. The Morgan fingerprint density at radius 3 is 2.48 bits per heavy atom. The molecule has 3 nitrogen and oxygen atoms in total. The van der Waals surface area contributed by atoms with Gasteiger partial charge in [0.2, 0.25) is 0 Å². The molecule has 0 amide bonds. The van der Waals surface area contributed by atoms with Gasteiger partial charge in [0.25, 0.3) is 0 Å². The smallest absolute Gasteiger partial charge is 0.196 e. The molecule has 23 heavy (non-hydrogen) atoms. The summed E-state index contributed by atoms with van der Waals surface area (Å²) in [5.74, 6) is 0.633. The molecule has 0 fully saturated rings. The Morgan fingerprint density at radius 2 is 1.78 bits per heavy atom. The third-order valence-corrected chi connectivity index (χ3v) is 4.78. The van der Waals surface area contributed by atoms with E-state index >= 15 is 0 Å². The van der Waals surface area contributed by atoms with E-state index in [1.54, 1.807) is 11.8 Å². The molecule has 3 aromatic rings. The molecule has 5 heteroatoms. The van der Waals surface area contributed by atoms with Crippen LogP contribution in [0.2, 0.25) is 0 Å². The molecular weight excluding hydrogens is 309 g/mol. The SMILES string of the molecule is Cc1cccc(-n2c(C)nnc2S[C@@H](C)c2ccc(F)cc2)c1. The van der Waals surface area contributed by atoms with Crippen LogP contribution in [0.1, 0.15) is 29.1 Å². The first-order valence-electron chi connectivity index (χ1n) is 7.46. The second-order valence-electron chi connectivity index (χ2n) is 5.52. The zero-order valence-electron chi connectivity index (χ0n) is 13.3. The number of thioether (sulfide) groups is 1. The highest BCUT2D eigenvalue weighted by molar-refractivity contribution is 7.99. The van der Waals surface area contributed by atoms with Gasteiger partial charge < -0.3 is 0 Å². The second kappa shape index (κ2) is 6.54. The lowest BCUT2D eigenvalue weighted by Crippen LogP contribution is -2.00. The Balaban J connectivity index is 1.91. The van der Waals surface area contributed by atoms with Crippen LogP contribution in [0, 0.1) is 19.7 Å². The van der Waals surface area contributed by atoms with Crippen molar-refractivity contribution in [2.45, 2.75) is 31.2 Å². The summed E-state index contributed by atoms with van der Waals surface area (Å²) < 4.78 is 15.1. The van der Waals surface area contributed by atoms with Crippen molar-refractivity contribution >= 4 is 11.8 Å². The van der Waals surface area contributed by atoms with Gasteiger partial charge in [0.15, 0.2) is 5.16 Å². The summed E-state index contributed by atoms with van der Waals surface area (Å²) in [6.45, 7) is 6.10. The van der Waals surface area contributed by atoms with Gasteiger partial charge in [-0.25, -0.2) is 4.39 Å². The molecule has 2 aromatic carbocycles. The summed E-state index contributed by atoms with van der Waals surface area (Å²) in [5, 5.41) is 9.52. The molecule has 0 unspecified atom stereocenters. The molecule has 0 aliphatic heterocycles. The van der Waals surface area contributed by atoms with E-state index < -0.39 is 0 Å². The lowest BCUT2D eigenvalue weighted by Gasteiger charge is -2.13. The van der Waals surface area contributed by atoms with E-state index in [1.165, 1.54) is 17.7 Å². The van der Waals surface area contributed by atoms with Crippen LogP contribution in [0.4, 0.5) is 4.39 Å². The van der Waals surface area contributed by atoms with Crippen LogP contribution in [0.3, 0.4) is 0 Å². The Labute approximate surface area is 139 Å². The van der Waals surface area contributed by atoms with Gasteiger partial charge in [0.05, 0.1) is 0 Å². The van der Waals surface area contributed by atoms with Crippen LogP contribution in [-0.2, 0) is 0 Å². The minimum Gasteiger partial charge on any atom is -0.274 e. The molecule has 0 radical (unpaired) electrons. The molecular formula is C18H18FN3S. The first-order chi connectivity index (χ1) is 11.0. The minimum absolute atomic E-state index is 0.155. The average molecular weight is 327 g/mol. The van der Waals surface area contributed by atoms with Crippen LogP contribution >= 0.6 is 11.8 Å². The number of hydrogen-bond acceptors (Lipinski definition) is 3. The fourth-order valence-electron chi connectivity index (χ4n) is 2.44. The van der Waals surface area contributed by atoms with Crippen LogP contribution in [0.15, 0.2) is 53.7 Å². The zero-order chi connectivity index (χ0) is 16.4. The Kier molecular flexibility index (Phi) is 4.48. The van der Waals surface area contributed by atoms with Gasteiger partial charge in [0.1, 0.15) is 11.6 Å². The summed E-state index contributed by atoms with van der Waals surface area (Å²) in [6, 6.07) is 14.9. The number of aryl methyl sites for hydroxylation is 2. The van der Waals surface area contributed by atoms with Crippen molar-refractivity contribution in [2.75, 3.05) is 0 Å². The van der Waals surface area contributed by atoms with Crippen molar-refractivity contribution in [2.24, 2.45) is 0 Å². The molecule has 0 saturated carbocycles. The number of halogens is 1. The van der Waals surface area contributed by atoms with E-state index in [1.807, 2.05) is 25.1 Å². The molecule has 0 saturated heterocycles. The zero-order valence-corrected chi connectivity index (χ0v) is 14.1. The predicted molar refractivity (Wildman–Crippen MR) is 91.5 cm³/mol. The van der Waals surface area contributed by atoms with Gasteiger partial charge in [-0.2, -0.15) is 0 Å². The van der Waals surface area contributed by atoms with Gasteiger partial charge in [-0.3, -0.25) is 4.57 Å². The van der Waals surface area contributed by atoms with Crippen molar-refractivity contribution in [3.8, 4) is 5.69 Å². The number of rotatable bonds is 4. The largest absolute Gasteiger partial charge is 0.274 e. The monoisotopic (exact) mass is 327 g/mol. The van der Waals surface area contributed by atoms with Crippen LogP contribution in [0.5, 0.6) is 0 Å². The molecule has 118 valence electrons. The standard InChI is InChI=1S/C18H18FN3S/c1-12-5-4-6-17(11-12)22-14(3)20-21-18(22)23-13(2)15-7-9-16(19)10-8-15/h4-11,13H,1-3H3/t13-/m0/s1. The summed E-state index contributed by atoms with van der Waals surface area (Å²) in [7, 11) is 0. The van der Waals surface area contributed by atoms with E-state index in [2.05, 4.69) is 46.8 Å². The minimum atomic E-state index is -0.218. The summed E-state index contributed by atoms with van der Waals surface area (Å²) in [6.07, 6.45) is 0. The number of aromatic nitrogens is 3. The van der Waals surface area contributed by atoms with Crippen LogP contribution in [-0.4, -0.2) is 14.8 Å². The third-order valence-electron chi connectivity index (χ3n) is 3.68. The van der Waals surface area contributed by atoms with E-state index in [4.69, 9.17) is 0 Å². The second-order valence-corrected chi connectivity index (χ2v) is 6.82.